The van der Waals surface area contributed by atoms with E-state index < -0.39 is 0 Å². The number of hydrogen-bond donors (Lipinski definition) is 2. The summed E-state index contributed by atoms with van der Waals surface area (Å²) < 4.78 is 1.65. The Hall–Kier alpha value is -3.72. The second-order valence-electron chi connectivity index (χ2n) is 8.07. The number of ketones is 1. The molecule has 0 unspecified atom stereocenters. The van der Waals surface area contributed by atoms with Gasteiger partial charge in [0.1, 0.15) is 11.5 Å². The van der Waals surface area contributed by atoms with Crippen molar-refractivity contribution in [1.82, 2.24) is 35.3 Å². The van der Waals surface area contributed by atoms with E-state index in [1.165, 1.54) is 0 Å². The molecule has 32 heavy (non-hydrogen) atoms. The van der Waals surface area contributed by atoms with Crippen molar-refractivity contribution in [2.45, 2.75) is 25.3 Å². The Labute approximate surface area is 185 Å². The summed E-state index contributed by atoms with van der Waals surface area (Å²) in [5.41, 5.74) is 3.72. The van der Waals surface area contributed by atoms with Crippen LogP contribution in [0.4, 0.5) is 5.82 Å². The summed E-state index contributed by atoms with van der Waals surface area (Å²) in [6.07, 6.45) is 9.29. The average Bonchev–Trinajstić information content (AvgIpc) is 3.26. The fourth-order valence-corrected chi connectivity index (χ4v) is 3.92. The quantitative estimate of drug-likeness (QED) is 0.451. The van der Waals surface area contributed by atoms with Crippen LogP contribution >= 0.6 is 0 Å². The Balaban J connectivity index is 1.33. The minimum atomic E-state index is 0.00523. The molecule has 4 aromatic rings. The molecule has 5 heterocycles. The Morgan fingerprint density at radius 2 is 2.03 bits per heavy atom. The van der Waals surface area contributed by atoms with Crippen molar-refractivity contribution < 1.29 is 4.79 Å². The van der Waals surface area contributed by atoms with Crippen molar-refractivity contribution in [2.24, 2.45) is 7.05 Å². The van der Waals surface area contributed by atoms with Crippen LogP contribution in [0.2, 0.25) is 0 Å². The van der Waals surface area contributed by atoms with Crippen molar-refractivity contribution in [3.05, 3.63) is 60.3 Å². The molecule has 1 saturated heterocycles. The van der Waals surface area contributed by atoms with Crippen molar-refractivity contribution in [3.8, 4) is 11.3 Å². The summed E-state index contributed by atoms with van der Waals surface area (Å²) in [4.78, 5) is 26.2. The van der Waals surface area contributed by atoms with E-state index in [9.17, 15) is 4.79 Å². The number of fused-ring (bicyclic) bond motifs is 1. The van der Waals surface area contributed by atoms with E-state index in [1.807, 2.05) is 31.4 Å². The van der Waals surface area contributed by atoms with Gasteiger partial charge >= 0.3 is 0 Å². The first-order valence-electron chi connectivity index (χ1n) is 10.7. The fourth-order valence-electron chi connectivity index (χ4n) is 3.92. The van der Waals surface area contributed by atoms with Gasteiger partial charge in [0.25, 0.3) is 0 Å². The number of rotatable bonds is 6. The number of carbonyl (C=O) groups excluding carboxylic acids is 1. The largest absolute Gasteiger partial charge is 0.367 e. The van der Waals surface area contributed by atoms with Crippen LogP contribution in [0, 0.1) is 0 Å². The lowest BCUT2D eigenvalue weighted by molar-refractivity contribution is 0.0992. The van der Waals surface area contributed by atoms with Crippen LogP contribution in [0.1, 0.15) is 28.9 Å². The van der Waals surface area contributed by atoms with Gasteiger partial charge in [-0.05, 0) is 50.2 Å². The highest BCUT2D eigenvalue weighted by Gasteiger charge is 2.15. The smallest absolute Gasteiger partial charge is 0.169 e. The molecular weight excluding hydrogens is 404 g/mol. The Kier molecular flexibility index (Phi) is 5.55. The van der Waals surface area contributed by atoms with E-state index in [0.717, 1.165) is 53.9 Å². The third-order valence-electron chi connectivity index (χ3n) is 5.64. The molecule has 9 nitrogen and oxygen atoms in total. The number of hydrogen-bond acceptors (Lipinski definition) is 8. The fraction of sp³-hybridized carbons (Fsp3) is 0.304. The van der Waals surface area contributed by atoms with Gasteiger partial charge in [0.2, 0.25) is 0 Å². The normalized spacial score (nSPS) is 14.5. The van der Waals surface area contributed by atoms with Gasteiger partial charge in [-0.3, -0.25) is 19.4 Å². The molecule has 162 valence electrons. The monoisotopic (exact) mass is 428 g/mol. The van der Waals surface area contributed by atoms with E-state index in [4.69, 9.17) is 0 Å². The number of aromatic nitrogens is 6. The molecule has 0 spiro atoms. The zero-order valence-corrected chi connectivity index (χ0v) is 17.8. The Morgan fingerprint density at radius 3 is 2.84 bits per heavy atom. The molecule has 9 heteroatoms. The summed E-state index contributed by atoms with van der Waals surface area (Å²) in [6.45, 7) is 1.99. The van der Waals surface area contributed by atoms with Crippen molar-refractivity contribution in [2.75, 3.05) is 18.4 Å². The minimum Gasteiger partial charge on any atom is -0.367 e. The molecule has 0 saturated carbocycles. The maximum atomic E-state index is 12.9. The number of Topliss-reactive ketones (excluding diaryl/α,β-unsaturated/α-hetero) is 1. The van der Waals surface area contributed by atoms with Gasteiger partial charge in [0, 0.05) is 47.7 Å². The number of carbonyl (C=O) groups is 1. The molecule has 0 aromatic carbocycles. The van der Waals surface area contributed by atoms with E-state index >= 15 is 0 Å². The zero-order valence-electron chi connectivity index (χ0n) is 17.8. The van der Waals surface area contributed by atoms with Crippen LogP contribution in [0.3, 0.4) is 0 Å². The van der Waals surface area contributed by atoms with Crippen LogP contribution in [0.15, 0.2) is 49.1 Å². The molecule has 4 aromatic heterocycles. The highest BCUT2D eigenvalue weighted by atomic mass is 16.1. The van der Waals surface area contributed by atoms with Gasteiger partial charge in [-0.25, -0.2) is 4.98 Å². The summed E-state index contributed by atoms with van der Waals surface area (Å²) in [5, 5.41) is 15.8. The summed E-state index contributed by atoms with van der Waals surface area (Å²) >= 11 is 0. The van der Waals surface area contributed by atoms with Gasteiger partial charge < -0.3 is 10.6 Å². The topological polar surface area (TPSA) is 111 Å². The molecule has 1 fully saturated rings. The molecule has 0 amide bonds. The number of pyridine rings is 3. The maximum Gasteiger partial charge on any atom is 0.169 e. The highest BCUT2D eigenvalue weighted by Crippen LogP contribution is 2.21. The average molecular weight is 429 g/mol. The predicted molar refractivity (Wildman–Crippen MR) is 121 cm³/mol. The molecule has 1 aliphatic rings. The predicted octanol–water partition coefficient (Wildman–Crippen LogP) is 2.41. The summed E-state index contributed by atoms with van der Waals surface area (Å²) in [5.74, 6) is 0.748. The first-order valence-corrected chi connectivity index (χ1v) is 10.7. The number of nitrogens with one attached hydrogen (secondary N) is 2. The molecular formula is C23H24N8O. The molecule has 2 N–H and O–H groups in total. The zero-order chi connectivity index (χ0) is 21.9. The van der Waals surface area contributed by atoms with E-state index in [1.54, 1.807) is 29.3 Å². The molecule has 0 radical (unpaired) electrons. The standard InChI is InChI=1S/C23H24N8O/c1-31-14-21(29-30-31)17-8-16-9-19(26-13-20(16)27-12-17)11-22(32)15-2-7-25-23(10-15)28-18-3-5-24-6-4-18/h2,7-10,12-14,18,24H,3-6,11H2,1H3,(H,25,28). The van der Waals surface area contributed by atoms with Gasteiger partial charge in [0.05, 0.1) is 24.3 Å². The first kappa shape index (κ1) is 20.2. The van der Waals surface area contributed by atoms with E-state index in [-0.39, 0.29) is 12.2 Å². The SMILES string of the molecule is Cn1cc(-c2cnc3cnc(CC(=O)c4ccnc(NC5CCNCC5)c4)cc3c2)nn1. The lowest BCUT2D eigenvalue weighted by Crippen LogP contribution is -2.35. The highest BCUT2D eigenvalue weighted by molar-refractivity contribution is 5.98. The van der Waals surface area contributed by atoms with Crippen molar-refractivity contribution in [3.63, 3.8) is 0 Å². The molecule has 1 aliphatic heterocycles. The van der Waals surface area contributed by atoms with Gasteiger partial charge in [-0.1, -0.05) is 5.21 Å². The van der Waals surface area contributed by atoms with Gasteiger partial charge in [-0.15, -0.1) is 5.10 Å². The van der Waals surface area contributed by atoms with Crippen LogP contribution in [-0.2, 0) is 13.5 Å². The number of aryl methyl sites for hydroxylation is 1. The molecule has 0 atom stereocenters. The lowest BCUT2D eigenvalue weighted by Gasteiger charge is -2.24. The maximum absolute atomic E-state index is 12.9. The minimum absolute atomic E-state index is 0.00523. The van der Waals surface area contributed by atoms with Crippen LogP contribution in [-0.4, -0.2) is 54.9 Å². The van der Waals surface area contributed by atoms with Crippen molar-refractivity contribution >= 4 is 22.5 Å². The molecule has 5 rings (SSSR count). The van der Waals surface area contributed by atoms with E-state index in [0.29, 0.717) is 17.3 Å². The second-order valence-corrected chi connectivity index (χ2v) is 8.07. The third kappa shape index (κ3) is 4.47. The van der Waals surface area contributed by atoms with Crippen LogP contribution in [0.25, 0.3) is 22.2 Å². The number of piperidine rings is 1. The number of anilines is 1. The van der Waals surface area contributed by atoms with Crippen LogP contribution in [0.5, 0.6) is 0 Å². The summed E-state index contributed by atoms with van der Waals surface area (Å²) in [6, 6.07) is 7.88. The third-order valence-corrected chi connectivity index (χ3v) is 5.64. The molecule has 0 aliphatic carbocycles. The Morgan fingerprint density at radius 1 is 1.16 bits per heavy atom. The lowest BCUT2D eigenvalue weighted by atomic mass is 10.0. The Bertz CT molecular complexity index is 1260. The van der Waals surface area contributed by atoms with Crippen LogP contribution < -0.4 is 10.6 Å². The first-order chi connectivity index (χ1) is 15.6. The van der Waals surface area contributed by atoms with Gasteiger partial charge in [-0.2, -0.15) is 0 Å². The van der Waals surface area contributed by atoms with E-state index in [2.05, 4.69) is 35.9 Å². The van der Waals surface area contributed by atoms with Crippen molar-refractivity contribution in [1.29, 1.82) is 0 Å². The molecule has 0 bridgehead atoms. The summed E-state index contributed by atoms with van der Waals surface area (Å²) in [7, 11) is 1.82. The second kappa shape index (κ2) is 8.80. The van der Waals surface area contributed by atoms with Gasteiger partial charge in [0.15, 0.2) is 5.78 Å². The number of nitrogens with zero attached hydrogens (tertiary/aromatic N) is 6.